The molecule has 0 aromatic carbocycles. The van der Waals surface area contributed by atoms with Gasteiger partial charge in [0.1, 0.15) is 0 Å². The van der Waals surface area contributed by atoms with Crippen molar-refractivity contribution in [1.29, 1.82) is 0 Å². The van der Waals surface area contributed by atoms with Crippen LogP contribution >= 0.6 is 0 Å². The molecule has 0 aliphatic heterocycles. The topological polar surface area (TPSA) is 38.9 Å². The zero-order chi connectivity index (χ0) is 13.7. The molecule has 2 fully saturated rings. The number of nitrogens with zero attached hydrogens (tertiary/aromatic N) is 1. The second kappa shape index (κ2) is 4.37. The van der Waals surface area contributed by atoms with Crippen LogP contribution < -0.4 is 5.73 Å². The van der Waals surface area contributed by atoms with Gasteiger partial charge >= 0.3 is 0 Å². The van der Waals surface area contributed by atoms with E-state index in [4.69, 9.17) is 5.73 Å². The summed E-state index contributed by atoms with van der Waals surface area (Å²) in [5.74, 6) is -1.00. The number of fused-ring (bicyclic) bond motifs is 2. The number of hydrogen-bond acceptors (Lipinski definition) is 2. The van der Waals surface area contributed by atoms with Crippen molar-refractivity contribution in [2.45, 2.75) is 31.7 Å². The zero-order valence-electron chi connectivity index (χ0n) is 10.9. The Morgan fingerprint density at radius 1 is 1.42 bits per heavy atom. The summed E-state index contributed by atoms with van der Waals surface area (Å²) in [6, 6.07) is 1.67. The molecule has 1 aromatic heterocycles. The molecule has 19 heavy (non-hydrogen) atoms. The summed E-state index contributed by atoms with van der Waals surface area (Å²) in [6.45, 7) is 6.01. The minimum absolute atomic E-state index is 0.0521. The molecule has 4 heteroatoms. The Labute approximate surface area is 111 Å². The molecule has 0 saturated heterocycles. The summed E-state index contributed by atoms with van der Waals surface area (Å²) in [4.78, 5) is 3.37. The van der Waals surface area contributed by atoms with Gasteiger partial charge < -0.3 is 5.73 Å². The van der Waals surface area contributed by atoms with Gasteiger partial charge in [0.05, 0.1) is 0 Å². The van der Waals surface area contributed by atoms with Gasteiger partial charge in [0.25, 0.3) is 0 Å². The van der Waals surface area contributed by atoms with Crippen LogP contribution in [0.15, 0.2) is 24.4 Å². The van der Waals surface area contributed by atoms with Crippen LogP contribution in [-0.4, -0.2) is 11.0 Å². The maximum absolute atomic E-state index is 14.0. The largest absolute Gasteiger partial charge is 0.327 e. The van der Waals surface area contributed by atoms with E-state index in [1.54, 1.807) is 6.07 Å². The van der Waals surface area contributed by atoms with Crippen LogP contribution in [0.2, 0.25) is 0 Å². The Morgan fingerprint density at radius 2 is 2.16 bits per heavy atom. The van der Waals surface area contributed by atoms with E-state index in [0.717, 1.165) is 18.4 Å². The first kappa shape index (κ1) is 12.7. The highest BCUT2D eigenvalue weighted by Crippen LogP contribution is 2.58. The average Bonchev–Trinajstić information content (AvgIpc) is 2.88. The van der Waals surface area contributed by atoms with Gasteiger partial charge in [0.15, 0.2) is 5.82 Å². The number of aromatic nitrogens is 1. The Bertz CT molecular complexity index is 529. The molecule has 5 atom stereocenters. The van der Waals surface area contributed by atoms with Gasteiger partial charge in [-0.25, -0.2) is 9.37 Å². The number of allylic oxidation sites excluding steroid dienone is 1. The molecule has 1 heterocycles. The summed E-state index contributed by atoms with van der Waals surface area (Å²) in [5, 5.41) is 0. The molecule has 1 aromatic rings. The first-order valence-corrected chi connectivity index (χ1v) is 6.71. The van der Waals surface area contributed by atoms with Crippen molar-refractivity contribution in [3.05, 3.63) is 41.7 Å². The van der Waals surface area contributed by atoms with E-state index in [1.807, 2.05) is 6.92 Å². The Morgan fingerprint density at radius 3 is 2.84 bits per heavy atom. The van der Waals surface area contributed by atoms with E-state index >= 15 is 0 Å². The lowest BCUT2D eigenvalue weighted by atomic mass is 9.71. The Kier molecular flexibility index (Phi) is 2.93. The van der Waals surface area contributed by atoms with Crippen LogP contribution in [0.5, 0.6) is 0 Å². The number of nitrogens with two attached hydrogens (primary N) is 1. The highest BCUT2D eigenvalue weighted by molar-refractivity contribution is 5.29. The molecule has 2 aliphatic carbocycles. The molecule has 2 N–H and O–H groups in total. The summed E-state index contributed by atoms with van der Waals surface area (Å²) >= 11 is 0. The SMILES string of the molecule is C=C(C)C1C2CC(N)C(C2)C1c1ccnc(F)c1F. The van der Waals surface area contributed by atoms with Crippen LogP contribution in [0, 0.1) is 29.5 Å². The van der Waals surface area contributed by atoms with E-state index in [-0.39, 0.29) is 23.8 Å². The highest BCUT2D eigenvalue weighted by Gasteiger charge is 2.52. The summed E-state index contributed by atoms with van der Waals surface area (Å²) in [6.07, 6.45) is 3.29. The minimum atomic E-state index is -1.02. The molecule has 5 unspecified atom stereocenters. The van der Waals surface area contributed by atoms with Crippen LogP contribution in [-0.2, 0) is 0 Å². The molecule has 0 radical (unpaired) electrons. The molecule has 2 saturated carbocycles. The second-order valence-corrected chi connectivity index (χ2v) is 5.96. The number of hydrogen-bond donors (Lipinski definition) is 1. The van der Waals surface area contributed by atoms with Gasteiger partial charge in [0.2, 0.25) is 5.95 Å². The molecular weight excluding hydrogens is 246 g/mol. The van der Waals surface area contributed by atoms with E-state index in [2.05, 4.69) is 11.6 Å². The Hall–Kier alpha value is -1.29. The lowest BCUT2D eigenvalue weighted by Crippen LogP contribution is -2.36. The first-order valence-electron chi connectivity index (χ1n) is 6.71. The monoisotopic (exact) mass is 264 g/mol. The fraction of sp³-hybridized carbons (Fsp3) is 0.533. The third kappa shape index (κ3) is 1.81. The van der Waals surface area contributed by atoms with Gasteiger partial charge in [-0.3, -0.25) is 0 Å². The third-order valence-electron chi connectivity index (χ3n) is 4.86. The van der Waals surface area contributed by atoms with Crippen LogP contribution in [0.25, 0.3) is 0 Å². The summed E-state index contributed by atoms with van der Waals surface area (Å²) < 4.78 is 27.4. The average molecular weight is 264 g/mol. The van der Waals surface area contributed by atoms with E-state index < -0.39 is 11.8 Å². The van der Waals surface area contributed by atoms with E-state index in [1.165, 1.54) is 6.20 Å². The summed E-state index contributed by atoms with van der Waals surface area (Å²) in [5.41, 5.74) is 7.60. The van der Waals surface area contributed by atoms with Crippen molar-refractivity contribution in [3.63, 3.8) is 0 Å². The minimum Gasteiger partial charge on any atom is -0.327 e. The standard InChI is InChI=1S/C15H18F2N2/c1-7(2)12-8-5-10(11(18)6-8)13(12)9-3-4-19-15(17)14(9)16/h3-4,8,10-13H,1,5-6,18H2,2H3. The number of halogens is 2. The lowest BCUT2D eigenvalue weighted by molar-refractivity contribution is 0.287. The highest BCUT2D eigenvalue weighted by atomic mass is 19.2. The molecule has 3 rings (SSSR count). The van der Waals surface area contributed by atoms with Crippen molar-refractivity contribution in [2.75, 3.05) is 0 Å². The Balaban J connectivity index is 2.06. The molecule has 2 bridgehead atoms. The van der Waals surface area contributed by atoms with Gasteiger partial charge in [-0.2, -0.15) is 4.39 Å². The molecule has 2 nitrogen and oxygen atoms in total. The predicted octanol–water partition coefficient (Wildman–Crippen LogP) is 3.00. The van der Waals surface area contributed by atoms with Gasteiger partial charge in [-0.15, -0.1) is 0 Å². The second-order valence-electron chi connectivity index (χ2n) is 5.96. The molecule has 102 valence electrons. The number of rotatable bonds is 2. The molecule has 2 aliphatic rings. The van der Waals surface area contributed by atoms with Crippen molar-refractivity contribution in [1.82, 2.24) is 4.98 Å². The van der Waals surface area contributed by atoms with Crippen molar-refractivity contribution in [2.24, 2.45) is 23.5 Å². The quantitative estimate of drug-likeness (QED) is 0.658. The fourth-order valence-electron chi connectivity index (χ4n) is 4.23. The van der Waals surface area contributed by atoms with Gasteiger partial charge in [0, 0.05) is 12.2 Å². The lowest BCUT2D eigenvalue weighted by Gasteiger charge is -2.35. The third-order valence-corrected chi connectivity index (χ3v) is 4.86. The first-order chi connectivity index (χ1) is 9.00. The van der Waals surface area contributed by atoms with E-state index in [9.17, 15) is 8.78 Å². The molecule has 0 amide bonds. The smallest absolute Gasteiger partial charge is 0.249 e. The van der Waals surface area contributed by atoms with Crippen LogP contribution in [0.1, 0.15) is 31.2 Å². The molecule has 0 spiro atoms. The summed E-state index contributed by atoms with van der Waals surface area (Å²) in [7, 11) is 0. The predicted molar refractivity (Wildman–Crippen MR) is 69.4 cm³/mol. The van der Waals surface area contributed by atoms with Crippen molar-refractivity contribution in [3.8, 4) is 0 Å². The maximum Gasteiger partial charge on any atom is 0.249 e. The van der Waals surface area contributed by atoms with Crippen LogP contribution in [0.3, 0.4) is 0 Å². The van der Waals surface area contributed by atoms with Gasteiger partial charge in [-0.05, 0) is 55.1 Å². The number of pyridine rings is 1. The zero-order valence-corrected chi connectivity index (χ0v) is 10.9. The van der Waals surface area contributed by atoms with Crippen molar-refractivity contribution < 1.29 is 8.78 Å². The normalized spacial score (nSPS) is 36.7. The van der Waals surface area contributed by atoms with Crippen molar-refractivity contribution >= 4 is 0 Å². The fourth-order valence-corrected chi connectivity index (χ4v) is 4.23. The van der Waals surface area contributed by atoms with Gasteiger partial charge in [-0.1, -0.05) is 12.2 Å². The molecular formula is C15H18F2N2. The maximum atomic E-state index is 14.0. The van der Waals surface area contributed by atoms with E-state index in [0.29, 0.717) is 11.5 Å². The van der Waals surface area contributed by atoms with Crippen LogP contribution in [0.4, 0.5) is 8.78 Å².